The van der Waals surface area contributed by atoms with Gasteiger partial charge in [0.1, 0.15) is 0 Å². The Hall–Kier alpha value is -0.320. The highest BCUT2D eigenvalue weighted by molar-refractivity contribution is 5.85. The van der Waals surface area contributed by atoms with Gasteiger partial charge in [0.15, 0.2) is 0 Å². The Balaban J connectivity index is 0.00000162. The maximum Gasteiger partial charge on any atom is 0.220 e. The van der Waals surface area contributed by atoms with E-state index in [2.05, 4.69) is 10.6 Å². The van der Waals surface area contributed by atoms with Crippen LogP contribution in [-0.4, -0.2) is 38.3 Å². The van der Waals surface area contributed by atoms with Gasteiger partial charge in [-0.2, -0.15) is 0 Å². The maximum atomic E-state index is 11.6. The van der Waals surface area contributed by atoms with E-state index in [1.807, 2.05) is 0 Å². The van der Waals surface area contributed by atoms with Crippen LogP contribution in [-0.2, 0) is 9.53 Å². The highest BCUT2D eigenvalue weighted by atomic mass is 35.5. The van der Waals surface area contributed by atoms with Gasteiger partial charge in [0.25, 0.3) is 0 Å². The fourth-order valence-electron chi connectivity index (χ4n) is 2.63. The Morgan fingerprint density at radius 3 is 2.89 bits per heavy atom. The molecule has 4 nitrogen and oxygen atoms in total. The summed E-state index contributed by atoms with van der Waals surface area (Å²) in [6.07, 6.45) is 6.48. The first-order valence-corrected chi connectivity index (χ1v) is 6.93. The Morgan fingerprint density at radius 1 is 1.33 bits per heavy atom. The van der Waals surface area contributed by atoms with Crippen LogP contribution in [0.5, 0.6) is 0 Å². The quantitative estimate of drug-likeness (QED) is 0.773. The summed E-state index contributed by atoms with van der Waals surface area (Å²) in [6, 6.07) is 0. The summed E-state index contributed by atoms with van der Waals surface area (Å²) < 4.78 is 5.50. The van der Waals surface area contributed by atoms with E-state index in [9.17, 15) is 4.79 Å². The van der Waals surface area contributed by atoms with Crippen LogP contribution < -0.4 is 10.6 Å². The van der Waals surface area contributed by atoms with Crippen LogP contribution >= 0.6 is 12.4 Å². The Labute approximate surface area is 116 Å². The maximum absolute atomic E-state index is 11.6. The van der Waals surface area contributed by atoms with Crippen molar-refractivity contribution in [3.8, 4) is 0 Å². The monoisotopic (exact) mass is 276 g/mol. The summed E-state index contributed by atoms with van der Waals surface area (Å²) in [7, 11) is 0. The Bertz CT molecular complexity index is 239. The molecule has 0 spiro atoms. The average Bonchev–Trinajstić information content (AvgIpc) is 2.99. The van der Waals surface area contributed by atoms with Gasteiger partial charge < -0.3 is 15.4 Å². The molecule has 2 atom stereocenters. The van der Waals surface area contributed by atoms with E-state index in [1.54, 1.807) is 0 Å². The first-order chi connectivity index (χ1) is 8.34. The van der Waals surface area contributed by atoms with E-state index in [0.29, 0.717) is 12.5 Å². The van der Waals surface area contributed by atoms with Crippen molar-refractivity contribution in [1.82, 2.24) is 10.6 Å². The minimum Gasteiger partial charge on any atom is -0.378 e. The molecular formula is C13H25ClN2O2. The molecule has 0 aromatic heterocycles. The number of rotatable bonds is 6. The zero-order valence-corrected chi connectivity index (χ0v) is 11.8. The van der Waals surface area contributed by atoms with Crippen LogP contribution in [0, 0.1) is 5.92 Å². The summed E-state index contributed by atoms with van der Waals surface area (Å²) >= 11 is 0. The van der Waals surface area contributed by atoms with Gasteiger partial charge in [0.05, 0.1) is 6.10 Å². The van der Waals surface area contributed by atoms with E-state index in [0.717, 1.165) is 57.8 Å². The first-order valence-electron chi connectivity index (χ1n) is 6.93. The number of carbonyl (C=O) groups excluding carboxylic acids is 1. The fourth-order valence-corrected chi connectivity index (χ4v) is 2.63. The normalized spacial score (nSPS) is 26.9. The van der Waals surface area contributed by atoms with Gasteiger partial charge in [-0.3, -0.25) is 4.79 Å². The lowest BCUT2D eigenvalue weighted by Crippen LogP contribution is -2.27. The smallest absolute Gasteiger partial charge is 0.220 e. The molecule has 2 unspecified atom stereocenters. The van der Waals surface area contributed by atoms with Gasteiger partial charge in [-0.1, -0.05) is 0 Å². The molecule has 2 aliphatic heterocycles. The molecule has 5 heteroatoms. The molecule has 1 amide bonds. The van der Waals surface area contributed by atoms with Crippen molar-refractivity contribution < 1.29 is 9.53 Å². The van der Waals surface area contributed by atoms with Crippen molar-refractivity contribution in [3.05, 3.63) is 0 Å². The second kappa shape index (κ2) is 8.73. The highest BCUT2D eigenvalue weighted by Gasteiger charge is 2.17. The summed E-state index contributed by atoms with van der Waals surface area (Å²) in [4.78, 5) is 11.6. The third-order valence-corrected chi connectivity index (χ3v) is 3.75. The van der Waals surface area contributed by atoms with Crippen molar-refractivity contribution >= 4 is 18.3 Å². The van der Waals surface area contributed by atoms with Gasteiger partial charge in [0.2, 0.25) is 5.91 Å². The molecule has 0 bridgehead atoms. The standard InChI is InChI=1S/C13H24N2O2.ClH/c16-13(4-3-12-2-1-9-17-12)15-8-6-11-5-7-14-10-11;/h11-12,14H,1-10H2,(H,15,16);1H. The predicted molar refractivity (Wildman–Crippen MR) is 74.1 cm³/mol. The average molecular weight is 277 g/mol. The Morgan fingerprint density at radius 2 is 2.22 bits per heavy atom. The van der Waals surface area contributed by atoms with Crippen molar-refractivity contribution in [2.45, 2.75) is 44.6 Å². The summed E-state index contributed by atoms with van der Waals surface area (Å²) in [6.45, 7) is 3.96. The van der Waals surface area contributed by atoms with Crippen LogP contribution in [0.3, 0.4) is 0 Å². The molecule has 2 saturated heterocycles. The molecule has 2 heterocycles. The molecule has 106 valence electrons. The highest BCUT2D eigenvalue weighted by Crippen LogP contribution is 2.16. The third kappa shape index (κ3) is 5.55. The lowest BCUT2D eigenvalue weighted by atomic mass is 10.1. The molecule has 2 rings (SSSR count). The Kier molecular flexibility index (Phi) is 7.63. The first kappa shape index (κ1) is 15.7. The lowest BCUT2D eigenvalue weighted by molar-refractivity contribution is -0.121. The van der Waals surface area contributed by atoms with E-state index >= 15 is 0 Å². The van der Waals surface area contributed by atoms with Gasteiger partial charge >= 0.3 is 0 Å². The van der Waals surface area contributed by atoms with Gasteiger partial charge in [-0.25, -0.2) is 0 Å². The zero-order chi connectivity index (χ0) is 11.9. The number of carbonyl (C=O) groups is 1. The van der Waals surface area contributed by atoms with Gasteiger partial charge in [0, 0.05) is 19.6 Å². The molecule has 2 aliphatic rings. The molecule has 0 aromatic carbocycles. The van der Waals surface area contributed by atoms with Crippen molar-refractivity contribution in [1.29, 1.82) is 0 Å². The largest absolute Gasteiger partial charge is 0.378 e. The molecule has 18 heavy (non-hydrogen) atoms. The topological polar surface area (TPSA) is 50.4 Å². The van der Waals surface area contributed by atoms with E-state index in [4.69, 9.17) is 4.74 Å². The van der Waals surface area contributed by atoms with Crippen LogP contribution in [0.15, 0.2) is 0 Å². The van der Waals surface area contributed by atoms with Crippen LogP contribution in [0.25, 0.3) is 0 Å². The second-order valence-electron chi connectivity index (χ2n) is 5.17. The number of halogens is 1. The number of hydrogen-bond donors (Lipinski definition) is 2. The predicted octanol–water partition coefficient (Wildman–Crippen LogP) is 1.48. The van der Waals surface area contributed by atoms with Crippen molar-refractivity contribution in [3.63, 3.8) is 0 Å². The molecule has 0 aliphatic carbocycles. The zero-order valence-electron chi connectivity index (χ0n) is 11.0. The molecule has 2 N–H and O–H groups in total. The SMILES string of the molecule is Cl.O=C(CCC1CCCO1)NCCC1CCNC1. The van der Waals surface area contributed by atoms with Gasteiger partial charge in [-0.05, 0) is 51.1 Å². The number of ether oxygens (including phenoxy) is 1. The number of amides is 1. The molecule has 2 fully saturated rings. The number of hydrogen-bond acceptors (Lipinski definition) is 3. The van der Waals surface area contributed by atoms with Gasteiger partial charge in [-0.15, -0.1) is 12.4 Å². The lowest BCUT2D eigenvalue weighted by Gasteiger charge is -2.11. The fraction of sp³-hybridized carbons (Fsp3) is 0.923. The van der Waals surface area contributed by atoms with E-state index in [1.165, 1.54) is 6.42 Å². The third-order valence-electron chi connectivity index (χ3n) is 3.75. The van der Waals surface area contributed by atoms with Crippen LogP contribution in [0.2, 0.25) is 0 Å². The molecular weight excluding hydrogens is 252 g/mol. The van der Waals surface area contributed by atoms with E-state index in [-0.39, 0.29) is 18.3 Å². The van der Waals surface area contributed by atoms with E-state index < -0.39 is 0 Å². The number of nitrogens with one attached hydrogen (secondary N) is 2. The van der Waals surface area contributed by atoms with Crippen LogP contribution in [0.4, 0.5) is 0 Å². The van der Waals surface area contributed by atoms with Crippen molar-refractivity contribution in [2.24, 2.45) is 5.92 Å². The molecule has 0 aromatic rings. The summed E-state index contributed by atoms with van der Waals surface area (Å²) in [5.41, 5.74) is 0. The minimum atomic E-state index is 0. The summed E-state index contributed by atoms with van der Waals surface area (Å²) in [5.74, 6) is 0.944. The summed E-state index contributed by atoms with van der Waals surface area (Å²) in [5, 5.41) is 6.35. The van der Waals surface area contributed by atoms with Crippen LogP contribution in [0.1, 0.15) is 38.5 Å². The molecule has 0 radical (unpaired) electrons. The second-order valence-corrected chi connectivity index (χ2v) is 5.17. The molecule has 0 saturated carbocycles. The minimum absolute atomic E-state index is 0. The van der Waals surface area contributed by atoms with Crippen molar-refractivity contribution in [2.75, 3.05) is 26.2 Å².